The molecule has 0 aromatic heterocycles. The van der Waals surface area contributed by atoms with Gasteiger partial charge in [0.1, 0.15) is 5.92 Å². The van der Waals surface area contributed by atoms with Gasteiger partial charge in [0, 0.05) is 32.7 Å². The number of aliphatic hydroxyl groups excluding tert-OH is 1. The summed E-state index contributed by atoms with van der Waals surface area (Å²) in [7, 11) is 0. The molecular weight excluding hydrogens is 326 g/mol. The number of hydrogen-bond acceptors (Lipinski definition) is 5. The van der Waals surface area contributed by atoms with Crippen LogP contribution in [0.2, 0.25) is 0 Å². The lowest BCUT2D eigenvalue weighted by Crippen LogP contribution is -2.41. The molecule has 2 heterocycles. The van der Waals surface area contributed by atoms with E-state index < -0.39 is 17.8 Å². The van der Waals surface area contributed by atoms with Gasteiger partial charge in [0.2, 0.25) is 11.8 Å². The van der Waals surface area contributed by atoms with Gasteiger partial charge in [-0.15, -0.1) is 0 Å². The first-order valence-electron chi connectivity index (χ1n) is 8.96. The first kappa shape index (κ1) is 19.7. The maximum atomic E-state index is 12.3. The van der Waals surface area contributed by atoms with Gasteiger partial charge in [-0.05, 0) is 24.7 Å². The van der Waals surface area contributed by atoms with E-state index in [1.165, 1.54) is 0 Å². The smallest absolute Gasteiger partial charge is 0.316 e. The summed E-state index contributed by atoms with van der Waals surface area (Å²) in [6.07, 6.45) is 1.17. The van der Waals surface area contributed by atoms with Gasteiger partial charge in [-0.2, -0.15) is 0 Å². The summed E-state index contributed by atoms with van der Waals surface area (Å²) in [6, 6.07) is 0. The normalized spacial score (nSPS) is 25.4. The topological polar surface area (TPSA) is 110 Å². The zero-order valence-electron chi connectivity index (χ0n) is 15.0. The summed E-state index contributed by atoms with van der Waals surface area (Å²) in [6.45, 7) is 6.66. The molecule has 142 valence electrons. The van der Waals surface area contributed by atoms with Crippen LogP contribution in [0, 0.1) is 17.8 Å². The fourth-order valence-electron chi connectivity index (χ4n) is 3.53. The standard InChI is InChI=1S/C17H29N3O5/c1-11(2)15(17(24)25)16(23)18-7-12-3-6-20(8-12)14(22)10-19-5-4-13(21)9-19/h11-13,15,21H,3-10H2,1-2H3,(H,18,23)(H,24,25)/t12-,13-,15-/m0/s1. The van der Waals surface area contributed by atoms with Crippen LogP contribution in [0.3, 0.4) is 0 Å². The molecule has 0 bridgehead atoms. The Morgan fingerprint density at radius 1 is 1.16 bits per heavy atom. The lowest BCUT2D eigenvalue weighted by atomic mass is 9.95. The molecule has 2 saturated heterocycles. The number of likely N-dealkylation sites (tertiary alicyclic amines) is 2. The van der Waals surface area contributed by atoms with E-state index in [2.05, 4.69) is 5.32 Å². The lowest BCUT2D eigenvalue weighted by Gasteiger charge is -2.21. The second-order valence-electron chi connectivity index (χ2n) is 7.48. The van der Waals surface area contributed by atoms with Crippen LogP contribution >= 0.6 is 0 Å². The van der Waals surface area contributed by atoms with E-state index >= 15 is 0 Å². The second kappa shape index (κ2) is 8.62. The van der Waals surface area contributed by atoms with Crippen molar-refractivity contribution in [3.8, 4) is 0 Å². The maximum absolute atomic E-state index is 12.3. The zero-order valence-corrected chi connectivity index (χ0v) is 15.0. The molecule has 0 unspecified atom stereocenters. The summed E-state index contributed by atoms with van der Waals surface area (Å²) in [4.78, 5) is 39.3. The molecule has 3 atom stereocenters. The Bertz CT molecular complexity index is 511. The summed E-state index contributed by atoms with van der Waals surface area (Å²) in [5.41, 5.74) is 0. The molecule has 0 aliphatic carbocycles. The molecule has 8 nitrogen and oxygen atoms in total. The van der Waals surface area contributed by atoms with Crippen LogP contribution in [0.4, 0.5) is 0 Å². The molecule has 2 aliphatic heterocycles. The summed E-state index contributed by atoms with van der Waals surface area (Å²) < 4.78 is 0. The quantitative estimate of drug-likeness (QED) is 0.525. The molecule has 0 aromatic carbocycles. The number of carbonyl (C=O) groups is 3. The summed E-state index contributed by atoms with van der Waals surface area (Å²) in [5, 5.41) is 21.4. The van der Waals surface area contributed by atoms with Crippen molar-refractivity contribution < 1.29 is 24.6 Å². The number of β-amino-alcohol motifs (C(OH)–C–C–N with tert-alkyl or cyclic N) is 1. The number of rotatable bonds is 7. The monoisotopic (exact) mass is 355 g/mol. The molecular formula is C17H29N3O5. The van der Waals surface area contributed by atoms with Crippen molar-refractivity contribution in [1.29, 1.82) is 0 Å². The fourth-order valence-corrected chi connectivity index (χ4v) is 3.53. The van der Waals surface area contributed by atoms with Crippen molar-refractivity contribution in [2.75, 3.05) is 39.3 Å². The highest BCUT2D eigenvalue weighted by Gasteiger charge is 2.32. The molecule has 3 N–H and O–H groups in total. The zero-order chi connectivity index (χ0) is 18.6. The minimum Gasteiger partial charge on any atom is -0.481 e. The van der Waals surface area contributed by atoms with Gasteiger partial charge in [0.15, 0.2) is 0 Å². The molecule has 2 fully saturated rings. The largest absolute Gasteiger partial charge is 0.481 e. The van der Waals surface area contributed by atoms with Crippen LogP contribution < -0.4 is 5.32 Å². The van der Waals surface area contributed by atoms with E-state index in [0.717, 1.165) is 13.0 Å². The number of aliphatic carboxylic acids is 1. The van der Waals surface area contributed by atoms with Crippen molar-refractivity contribution >= 4 is 17.8 Å². The number of carboxylic acid groups (broad SMARTS) is 1. The number of carbonyl (C=O) groups excluding carboxylic acids is 2. The Morgan fingerprint density at radius 2 is 1.88 bits per heavy atom. The third-order valence-electron chi connectivity index (χ3n) is 5.03. The third kappa shape index (κ3) is 5.40. The average molecular weight is 355 g/mol. The Labute approximate surface area is 148 Å². The molecule has 0 saturated carbocycles. The lowest BCUT2D eigenvalue weighted by molar-refractivity contribution is -0.148. The van der Waals surface area contributed by atoms with Crippen molar-refractivity contribution in [1.82, 2.24) is 15.1 Å². The van der Waals surface area contributed by atoms with Gasteiger partial charge in [-0.1, -0.05) is 13.8 Å². The van der Waals surface area contributed by atoms with Crippen LogP contribution in [0.15, 0.2) is 0 Å². The Balaban J connectivity index is 1.74. The number of carboxylic acids is 1. The average Bonchev–Trinajstić information content (AvgIpc) is 3.13. The van der Waals surface area contributed by atoms with Crippen LogP contribution in [-0.4, -0.2) is 83.2 Å². The molecule has 2 rings (SSSR count). The number of nitrogens with one attached hydrogen (secondary N) is 1. The predicted octanol–water partition coefficient (Wildman–Crippen LogP) is -0.625. The Hall–Kier alpha value is -1.67. The Morgan fingerprint density at radius 3 is 2.44 bits per heavy atom. The van der Waals surface area contributed by atoms with Crippen molar-refractivity contribution in [2.24, 2.45) is 17.8 Å². The second-order valence-corrected chi connectivity index (χ2v) is 7.48. The van der Waals surface area contributed by atoms with Gasteiger partial charge in [0.25, 0.3) is 0 Å². The van der Waals surface area contributed by atoms with Crippen molar-refractivity contribution in [3.63, 3.8) is 0 Å². The molecule has 2 aliphatic rings. The van der Waals surface area contributed by atoms with Crippen LogP contribution in [-0.2, 0) is 14.4 Å². The van der Waals surface area contributed by atoms with Crippen LogP contribution in [0.5, 0.6) is 0 Å². The minimum atomic E-state index is -1.11. The summed E-state index contributed by atoms with van der Waals surface area (Å²) >= 11 is 0. The maximum Gasteiger partial charge on any atom is 0.316 e. The van der Waals surface area contributed by atoms with Gasteiger partial charge < -0.3 is 20.4 Å². The van der Waals surface area contributed by atoms with Crippen LogP contribution in [0.25, 0.3) is 0 Å². The molecule has 25 heavy (non-hydrogen) atoms. The number of hydrogen-bond donors (Lipinski definition) is 3. The SMILES string of the molecule is CC(C)[C@H](C(=O)O)C(=O)NC[C@@H]1CCN(C(=O)CN2CC[C@H](O)C2)C1. The number of amides is 2. The molecule has 0 radical (unpaired) electrons. The van der Waals surface area contributed by atoms with E-state index in [0.29, 0.717) is 39.1 Å². The molecule has 2 amide bonds. The van der Waals surface area contributed by atoms with E-state index in [1.54, 1.807) is 18.7 Å². The first-order chi connectivity index (χ1) is 11.8. The van der Waals surface area contributed by atoms with Gasteiger partial charge in [-0.25, -0.2) is 0 Å². The van der Waals surface area contributed by atoms with E-state index in [9.17, 15) is 19.5 Å². The van der Waals surface area contributed by atoms with Crippen LogP contribution in [0.1, 0.15) is 26.7 Å². The highest BCUT2D eigenvalue weighted by Crippen LogP contribution is 2.18. The van der Waals surface area contributed by atoms with E-state index in [-0.39, 0.29) is 23.8 Å². The van der Waals surface area contributed by atoms with Crippen molar-refractivity contribution in [2.45, 2.75) is 32.8 Å². The van der Waals surface area contributed by atoms with Gasteiger partial charge in [-0.3, -0.25) is 19.3 Å². The first-order valence-corrected chi connectivity index (χ1v) is 8.96. The summed E-state index contributed by atoms with van der Waals surface area (Å²) in [5.74, 6) is -2.68. The third-order valence-corrected chi connectivity index (χ3v) is 5.03. The highest BCUT2D eigenvalue weighted by atomic mass is 16.4. The number of nitrogens with zero attached hydrogens (tertiary/aromatic N) is 2. The highest BCUT2D eigenvalue weighted by molar-refractivity contribution is 5.97. The fraction of sp³-hybridized carbons (Fsp3) is 0.824. The molecule has 8 heteroatoms. The number of aliphatic hydroxyl groups is 1. The van der Waals surface area contributed by atoms with E-state index in [1.807, 2.05) is 4.90 Å². The Kier molecular flexibility index (Phi) is 6.78. The van der Waals surface area contributed by atoms with Gasteiger partial charge >= 0.3 is 5.97 Å². The van der Waals surface area contributed by atoms with Crippen molar-refractivity contribution in [3.05, 3.63) is 0 Å². The van der Waals surface area contributed by atoms with E-state index in [4.69, 9.17) is 5.11 Å². The predicted molar refractivity (Wildman–Crippen MR) is 90.7 cm³/mol. The van der Waals surface area contributed by atoms with Gasteiger partial charge in [0.05, 0.1) is 12.6 Å². The minimum absolute atomic E-state index is 0.0496. The molecule has 0 aromatic rings. The molecule has 0 spiro atoms.